The van der Waals surface area contributed by atoms with Gasteiger partial charge in [0.2, 0.25) is 0 Å². The van der Waals surface area contributed by atoms with Crippen molar-refractivity contribution in [2.24, 2.45) is 0 Å². The molecule has 0 spiro atoms. The Labute approximate surface area is 153 Å². The van der Waals surface area contributed by atoms with Crippen LogP contribution < -0.4 is 15.8 Å². The third kappa shape index (κ3) is 2.97. The Morgan fingerprint density at radius 3 is 2.84 bits per heavy atom. The topological polar surface area (TPSA) is 67.6 Å². The van der Waals surface area contributed by atoms with E-state index in [-0.39, 0.29) is 5.91 Å². The second-order valence-electron chi connectivity index (χ2n) is 7.50. The number of nitrogens with one attached hydrogen (secondary N) is 1. The molecule has 5 nitrogen and oxygen atoms in total. The van der Waals surface area contributed by atoms with E-state index >= 15 is 0 Å². The van der Waals surface area contributed by atoms with Crippen LogP contribution in [0.1, 0.15) is 54.4 Å². The van der Waals surface area contributed by atoms with Crippen molar-refractivity contribution in [1.82, 2.24) is 10.2 Å². The SMILES string of the molecule is Nc1c(Cl)cc(C(=O)NCCC23CCCN2CCC3)c2c1CCCO2. The van der Waals surface area contributed by atoms with Crippen LogP contribution in [0.3, 0.4) is 0 Å². The van der Waals surface area contributed by atoms with Gasteiger partial charge in [-0.3, -0.25) is 9.69 Å². The van der Waals surface area contributed by atoms with Crippen LogP contribution >= 0.6 is 11.6 Å². The highest BCUT2D eigenvalue weighted by atomic mass is 35.5. The van der Waals surface area contributed by atoms with Gasteiger partial charge in [-0.1, -0.05) is 11.6 Å². The second kappa shape index (κ2) is 6.69. The first-order valence-corrected chi connectivity index (χ1v) is 9.75. The minimum Gasteiger partial charge on any atom is -0.492 e. The van der Waals surface area contributed by atoms with Gasteiger partial charge in [0.15, 0.2) is 0 Å². The van der Waals surface area contributed by atoms with Gasteiger partial charge in [-0.2, -0.15) is 0 Å². The standard InChI is InChI=1S/C19H26ClN3O2/c20-15-12-14(17-13(16(15)21)4-1-11-25-17)18(24)22-8-7-19-5-2-9-23(19)10-3-6-19/h12H,1-11,21H2,(H,22,24). The van der Waals surface area contributed by atoms with Gasteiger partial charge in [-0.25, -0.2) is 0 Å². The maximum Gasteiger partial charge on any atom is 0.255 e. The summed E-state index contributed by atoms with van der Waals surface area (Å²) in [5, 5.41) is 3.52. The fourth-order valence-corrected chi connectivity index (χ4v) is 5.06. The molecule has 136 valence electrons. The van der Waals surface area contributed by atoms with E-state index in [9.17, 15) is 4.79 Å². The summed E-state index contributed by atoms with van der Waals surface area (Å²) in [5.41, 5.74) is 8.32. The third-order valence-corrected chi connectivity index (χ3v) is 6.43. The number of hydrogen-bond acceptors (Lipinski definition) is 4. The second-order valence-corrected chi connectivity index (χ2v) is 7.91. The molecule has 6 heteroatoms. The number of carbonyl (C=O) groups excluding carboxylic acids is 1. The molecule has 0 radical (unpaired) electrons. The Balaban J connectivity index is 1.46. The number of nitrogen functional groups attached to an aromatic ring is 1. The van der Waals surface area contributed by atoms with E-state index in [1.807, 2.05) is 0 Å². The first-order chi connectivity index (χ1) is 12.1. The molecule has 3 aliphatic heterocycles. The van der Waals surface area contributed by atoms with Crippen molar-refractivity contribution in [3.8, 4) is 5.75 Å². The van der Waals surface area contributed by atoms with Crippen molar-refractivity contribution in [2.45, 2.75) is 50.5 Å². The lowest BCUT2D eigenvalue weighted by Crippen LogP contribution is -2.41. The van der Waals surface area contributed by atoms with Crippen LogP contribution in [0.4, 0.5) is 5.69 Å². The maximum atomic E-state index is 12.7. The van der Waals surface area contributed by atoms with Crippen LogP contribution in [0.5, 0.6) is 5.75 Å². The van der Waals surface area contributed by atoms with Crippen molar-refractivity contribution < 1.29 is 9.53 Å². The molecule has 3 aliphatic rings. The van der Waals surface area contributed by atoms with Gasteiger partial charge in [0.25, 0.3) is 5.91 Å². The zero-order valence-corrected chi connectivity index (χ0v) is 15.3. The number of amides is 1. The first kappa shape index (κ1) is 17.0. The first-order valence-electron chi connectivity index (χ1n) is 9.38. The number of nitrogens with two attached hydrogens (primary N) is 1. The Morgan fingerprint density at radius 1 is 1.32 bits per heavy atom. The maximum absolute atomic E-state index is 12.7. The van der Waals surface area contributed by atoms with Crippen molar-refractivity contribution in [3.63, 3.8) is 0 Å². The van der Waals surface area contributed by atoms with Crippen molar-refractivity contribution in [2.75, 3.05) is 32.0 Å². The summed E-state index contributed by atoms with van der Waals surface area (Å²) in [5.74, 6) is 0.506. The number of halogens is 1. The van der Waals surface area contributed by atoms with Crippen LogP contribution in [0.15, 0.2) is 6.07 Å². The Hall–Kier alpha value is -1.46. The number of hydrogen-bond donors (Lipinski definition) is 2. The lowest BCUT2D eigenvalue weighted by atomic mass is 9.90. The quantitative estimate of drug-likeness (QED) is 0.807. The summed E-state index contributed by atoms with van der Waals surface area (Å²) in [6, 6.07) is 1.64. The summed E-state index contributed by atoms with van der Waals surface area (Å²) < 4.78 is 5.75. The molecule has 2 fully saturated rings. The Morgan fingerprint density at radius 2 is 2.08 bits per heavy atom. The average Bonchev–Trinajstić information content (AvgIpc) is 3.18. The van der Waals surface area contributed by atoms with Crippen LogP contribution in [-0.4, -0.2) is 42.6 Å². The zero-order valence-electron chi connectivity index (χ0n) is 14.6. The largest absolute Gasteiger partial charge is 0.492 e. The molecule has 3 N–H and O–H groups in total. The molecule has 3 heterocycles. The zero-order chi connectivity index (χ0) is 17.4. The van der Waals surface area contributed by atoms with E-state index < -0.39 is 0 Å². The molecule has 2 saturated heterocycles. The fraction of sp³-hybridized carbons (Fsp3) is 0.632. The molecule has 4 rings (SSSR count). The predicted octanol–water partition coefficient (Wildman–Crippen LogP) is 3.00. The number of nitrogens with zero attached hydrogens (tertiary/aromatic N) is 1. The molecule has 0 aromatic heterocycles. The monoisotopic (exact) mass is 363 g/mol. The molecule has 0 atom stereocenters. The molecule has 25 heavy (non-hydrogen) atoms. The van der Waals surface area contributed by atoms with Gasteiger partial charge in [0.1, 0.15) is 5.75 Å². The van der Waals surface area contributed by atoms with Crippen LogP contribution in [0, 0.1) is 0 Å². The highest BCUT2D eigenvalue weighted by Gasteiger charge is 2.43. The molecule has 0 unspecified atom stereocenters. The van der Waals surface area contributed by atoms with E-state index in [4.69, 9.17) is 22.1 Å². The van der Waals surface area contributed by atoms with Gasteiger partial charge in [0.05, 0.1) is 22.9 Å². The van der Waals surface area contributed by atoms with E-state index in [0.717, 1.165) is 24.8 Å². The molecule has 1 amide bonds. The van der Waals surface area contributed by atoms with Crippen molar-refractivity contribution in [1.29, 1.82) is 0 Å². The number of benzene rings is 1. The highest BCUT2D eigenvalue weighted by Crippen LogP contribution is 2.41. The summed E-state index contributed by atoms with van der Waals surface area (Å²) in [4.78, 5) is 15.4. The van der Waals surface area contributed by atoms with Crippen LogP contribution in [-0.2, 0) is 6.42 Å². The van der Waals surface area contributed by atoms with E-state index in [2.05, 4.69) is 10.2 Å². The average molecular weight is 364 g/mol. The molecule has 1 aromatic rings. The van der Waals surface area contributed by atoms with Gasteiger partial charge < -0.3 is 15.8 Å². The van der Waals surface area contributed by atoms with E-state index in [1.54, 1.807) is 6.07 Å². The number of anilines is 1. The Kier molecular flexibility index (Phi) is 4.54. The summed E-state index contributed by atoms with van der Waals surface area (Å²) in [7, 11) is 0. The smallest absolute Gasteiger partial charge is 0.255 e. The number of carbonyl (C=O) groups is 1. The molecular formula is C19H26ClN3O2. The summed E-state index contributed by atoms with van der Waals surface area (Å²) in [6.45, 7) is 3.73. The van der Waals surface area contributed by atoms with Crippen LogP contribution in [0.2, 0.25) is 5.02 Å². The van der Waals surface area contributed by atoms with Crippen LogP contribution in [0.25, 0.3) is 0 Å². The van der Waals surface area contributed by atoms with Crippen molar-refractivity contribution >= 4 is 23.2 Å². The normalized spacial score (nSPS) is 21.5. The van der Waals surface area contributed by atoms with Gasteiger partial charge in [-0.15, -0.1) is 0 Å². The molecule has 0 saturated carbocycles. The third-order valence-electron chi connectivity index (χ3n) is 6.12. The molecular weight excluding hydrogens is 338 g/mol. The van der Waals surface area contributed by atoms with Gasteiger partial charge >= 0.3 is 0 Å². The van der Waals surface area contributed by atoms with E-state index in [0.29, 0.717) is 40.7 Å². The minimum atomic E-state index is -0.112. The van der Waals surface area contributed by atoms with Gasteiger partial charge in [0, 0.05) is 17.6 Å². The number of fused-ring (bicyclic) bond motifs is 2. The minimum absolute atomic E-state index is 0.112. The summed E-state index contributed by atoms with van der Waals surface area (Å²) in [6.07, 6.45) is 7.80. The molecule has 1 aromatic carbocycles. The molecule has 0 aliphatic carbocycles. The highest BCUT2D eigenvalue weighted by molar-refractivity contribution is 6.33. The number of rotatable bonds is 4. The van der Waals surface area contributed by atoms with Crippen molar-refractivity contribution in [3.05, 3.63) is 22.2 Å². The fourth-order valence-electron chi connectivity index (χ4n) is 4.84. The van der Waals surface area contributed by atoms with E-state index in [1.165, 1.54) is 38.8 Å². The Bertz CT molecular complexity index is 682. The van der Waals surface area contributed by atoms with Gasteiger partial charge in [-0.05, 0) is 64.1 Å². The number of ether oxygens (including phenoxy) is 1. The lowest BCUT2D eigenvalue weighted by Gasteiger charge is -2.32. The predicted molar refractivity (Wildman–Crippen MR) is 99.4 cm³/mol. The summed E-state index contributed by atoms with van der Waals surface area (Å²) >= 11 is 6.24. The lowest BCUT2D eigenvalue weighted by molar-refractivity contribution is 0.0938. The molecule has 0 bridgehead atoms.